The number of benzene rings is 2. The van der Waals surface area contributed by atoms with Crippen LogP contribution in [0.25, 0.3) is 10.2 Å². The minimum atomic E-state index is -0.0951. The van der Waals surface area contributed by atoms with Crippen molar-refractivity contribution in [2.45, 2.75) is 38.5 Å². The fourth-order valence-electron chi connectivity index (χ4n) is 3.45. The summed E-state index contributed by atoms with van der Waals surface area (Å²) in [5.41, 5.74) is 4.67. The standard InChI is InChI=1S/C25H30N4O2S4/c1-5-17-10-8-9-16(4)23(17)28-22(31)14-33-24-27-19-12-11-18(13-20(19)35-24)26-21(30)15-34-25(32)29(6-2)7-3/h8-13H,5-7,14-15H2,1-4H3,(H,26,30)(H,28,31). The van der Waals surface area contributed by atoms with E-state index in [9.17, 15) is 9.59 Å². The van der Waals surface area contributed by atoms with Crippen LogP contribution >= 0.6 is 47.1 Å². The molecule has 0 unspecified atom stereocenters. The van der Waals surface area contributed by atoms with E-state index in [1.165, 1.54) is 34.9 Å². The van der Waals surface area contributed by atoms with E-state index in [2.05, 4.69) is 27.4 Å². The number of aryl methyl sites for hydroxylation is 2. The molecule has 0 bridgehead atoms. The van der Waals surface area contributed by atoms with Gasteiger partial charge in [0.1, 0.15) is 4.32 Å². The largest absolute Gasteiger partial charge is 0.358 e. The van der Waals surface area contributed by atoms with Gasteiger partial charge in [0.15, 0.2) is 4.34 Å². The molecular formula is C25H30N4O2S4. The highest BCUT2D eigenvalue weighted by Crippen LogP contribution is 2.31. The molecule has 6 nitrogen and oxygen atoms in total. The fraction of sp³-hybridized carbons (Fsp3) is 0.360. The molecule has 35 heavy (non-hydrogen) atoms. The second kappa shape index (κ2) is 13.2. The van der Waals surface area contributed by atoms with E-state index in [-0.39, 0.29) is 23.3 Å². The summed E-state index contributed by atoms with van der Waals surface area (Å²) in [4.78, 5) is 31.6. The highest BCUT2D eigenvalue weighted by atomic mass is 32.2. The maximum absolute atomic E-state index is 12.6. The smallest absolute Gasteiger partial charge is 0.234 e. The average Bonchev–Trinajstić information content (AvgIpc) is 3.25. The maximum atomic E-state index is 12.6. The van der Waals surface area contributed by atoms with E-state index < -0.39 is 0 Å². The number of thiocarbonyl (C=S) groups is 1. The number of amides is 2. The highest BCUT2D eigenvalue weighted by molar-refractivity contribution is 8.23. The van der Waals surface area contributed by atoms with Crippen LogP contribution in [0.2, 0.25) is 0 Å². The van der Waals surface area contributed by atoms with Crippen LogP contribution in [-0.2, 0) is 16.0 Å². The van der Waals surface area contributed by atoms with Crippen LogP contribution < -0.4 is 10.6 Å². The average molecular weight is 547 g/mol. The summed E-state index contributed by atoms with van der Waals surface area (Å²) in [5, 5.41) is 5.99. The summed E-state index contributed by atoms with van der Waals surface area (Å²) < 4.78 is 2.52. The molecule has 0 radical (unpaired) electrons. The molecule has 1 heterocycles. The van der Waals surface area contributed by atoms with Gasteiger partial charge in [-0.05, 0) is 56.5 Å². The molecule has 0 spiro atoms. The zero-order valence-electron chi connectivity index (χ0n) is 20.3. The third-order valence-corrected chi connectivity index (χ3v) is 9.02. The maximum Gasteiger partial charge on any atom is 0.234 e. The topological polar surface area (TPSA) is 74.3 Å². The number of anilines is 2. The van der Waals surface area contributed by atoms with Crippen molar-refractivity contribution in [3.63, 3.8) is 0 Å². The van der Waals surface area contributed by atoms with Crippen molar-refractivity contribution in [1.82, 2.24) is 9.88 Å². The number of fused-ring (bicyclic) bond motifs is 1. The first kappa shape index (κ1) is 27.4. The number of thioether (sulfide) groups is 2. The minimum Gasteiger partial charge on any atom is -0.358 e. The predicted molar refractivity (Wildman–Crippen MR) is 156 cm³/mol. The first-order chi connectivity index (χ1) is 16.8. The minimum absolute atomic E-state index is 0.0497. The van der Waals surface area contributed by atoms with Crippen LogP contribution in [0.1, 0.15) is 31.9 Å². The molecule has 0 aliphatic carbocycles. The van der Waals surface area contributed by atoms with Crippen LogP contribution in [0.5, 0.6) is 0 Å². The van der Waals surface area contributed by atoms with Crippen LogP contribution in [0.4, 0.5) is 11.4 Å². The van der Waals surface area contributed by atoms with Gasteiger partial charge in [-0.15, -0.1) is 11.3 Å². The van der Waals surface area contributed by atoms with E-state index in [0.717, 1.165) is 60.9 Å². The zero-order valence-corrected chi connectivity index (χ0v) is 23.6. The first-order valence-corrected chi connectivity index (χ1v) is 14.7. The van der Waals surface area contributed by atoms with E-state index >= 15 is 0 Å². The quantitative estimate of drug-likeness (QED) is 0.232. The molecule has 186 valence electrons. The zero-order chi connectivity index (χ0) is 25.4. The van der Waals surface area contributed by atoms with Crippen LogP contribution in [0.3, 0.4) is 0 Å². The van der Waals surface area contributed by atoms with E-state index in [0.29, 0.717) is 0 Å². The number of carbonyl (C=O) groups is 2. The Labute approximate surface area is 224 Å². The molecule has 2 amide bonds. The Kier molecular flexibility index (Phi) is 10.4. The van der Waals surface area contributed by atoms with Crippen molar-refractivity contribution in [3.05, 3.63) is 47.5 Å². The monoisotopic (exact) mass is 546 g/mol. The van der Waals surface area contributed by atoms with E-state index in [1.54, 1.807) is 0 Å². The van der Waals surface area contributed by atoms with Gasteiger partial charge in [-0.2, -0.15) is 0 Å². The summed E-state index contributed by atoms with van der Waals surface area (Å²) in [6.45, 7) is 9.85. The molecule has 1 aromatic heterocycles. The Hall–Kier alpha value is -2.14. The van der Waals surface area contributed by atoms with Gasteiger partial charge >= 0.3 is 0 Å². The lowest BCUT2D eigenvalue weighted by atomic mass is 10.1. The molecule has 0 aliphatic heterocycles. The number of rotatable bonds is 10. The van der Waals surface area contributed by atoms with Crippen molar-refractivity contribution in [1.29, 1.82) is 0 Å². The molecule has 10 heteroatoms. The van der Waals surface area contributed by atoms with Gasteiger partial charge in [0.05, 0.1) is 21.7 Å². The fourth-order valence-corrected chi connectivity index (χ4v) is 6.56. The number of thiazole rings is 1. The number of carbonyl (C=O) groups excluding carboxylic acids is 2. The highest BCUT2D eigenvalue weighted by Gasteiger charge is 2.13. The third-order valence-electron chi connectivity index (χ3n) is 5.33. The summed E-state index contributed by atoms with van der Waals surface area (Å²) >= 11 is 9.70. The number of aromatic nitrogens is 1. The lowest BCUT2D eigenvalue weighted by Crippen LogP contribution is -2.28. The summed E-state index contributed by atoms with van der Waals surface area (Å²) in [6.07, 6.45) is 0.864. The first-order valence-electron chi connectivity index (χ1n) is 11.5. The summed E-state index contributed by atoms with van der Waals surface area (Å²) in [5.74, 6) is 0.408. The van der Waals surface area contributed by atoms with E-state index in [1.807, 2.05) is 57.2 Å². The second-order valence-electron chi connectivity index (χ2n) is 7.74. The molecule has 0 saturated heterocycles. The van der Waals surface area contributed by atoms with Gasteiger partial charge in [0.2, 0.25) is 11.8 Å². The van der Waals surface area contributed by atoms with Crippen LogP contribution in [0.15, 0.2) is 40.7 Å². The summed E-state index contributed by atoms with van der Waals surface area (Å²) in [6, 6.07) is 11.7. The lowest BCUT2D eigenvalue weighted by Gasteiger charge is -2.20. The van der Waals surface area contributed by atoms with Crippen molar-refractivity contribution < 1.29 is 9.59 Å². The van der Waals surface area contributed by atoms with Gasteiger partial charge in [-0.1, -0.05) is 60.9 Å². The number of hydrogen-bond donors (Lipinski definition) is 2. The molecule has 3 rings (SSSR count). The van der Waals surface area contributed by atoms with Gasteiger partial charge in [0.25, 0.3) is 0 Å². The molecule has 2 N–H and O–H groups in total. The molecule has 0 aliphatic rings. The SMILES string of the molecule is CCc1cccc(C)c1NC(=O)CSc1nc2ccc(NC(=O)CSC(=S)N(CC)CC)cc2s1. The number of hydrogen-bond acceptors (Lipinski definition) is 7. The normalized spacial score (nSPS) is 10.9. The second-order valence-corrected chi connectivity index (χ2v) is 11.6. The Morgan fingerprint density at radius 1 is 1.06 bits per heavy atom. The van der Waals surface area contributed by atoms with Crippen LogP contribution in [0, 0.1) is 6.92 Å². The summed E-state index contributed by atoms with van der Waals surface area (Å²) in [7, 11) is 0. The molecular weight excluding hydrogens is 517 g/mol. The Bertz CT molecular complexity index is 1210. The number of para-hydroxylation sites is 1. The molecule has 0 saturated carbocycles. The molecule has 0 atom stereocenters. The van der Waals surface area contributed by atoms with Crippen molar-refractivity contribution in [3.8, 4) is 0 Å². The predicted octanol–water partition coefficient (Wildman–Crippen LogP) is 6.20. The van der Waals surface area contributed by atoms with Crippen molar-refractivity contribution in [2.75, 3.05) is 35.2 Å². The van der Waals surface area contributed by atoms with Crippen molar-refractivity contribution in [2.24, 2.45) is 0 Å². The van der Waals surface area contributed by atoms with Gasteiger partial charge in [0, 0.05) is 24.5 Å². The Balaban J connectivity index is 1.55. The third kappa shape index (κ3) is 7.67. The van der Waals surface area contributed by atoms with Gasteiger partial charge in [-0.3, -0.25) is 9.59 Å². The molecule has 2 aromatic carbocycles. The molecule has 3 aromatic rings. The molecule has 0 fully saturated rings. The number of nitrogens with one attached hydrogen (secondary N) is 2. The number of nitrogens with zero attached hydrogens (tertiary/aromatic N) is 2. The Morgan fingerprint density at radius 2 is 1.80 bits per heavy atom. The van der Waals surface area contributed by atoms with Gasteiger partial charge < -0.3 is 15.5 Å². The van der Waals surface area contributed by atoms with Crippen molar-refractivity contribution >= 4 is 84.8 Å². The van der Waals surface area contributed by atoms with E-state index in [4.69, 9.17) is 12.2 Å². The Morgan fingerprint density at radius 3 is 2.51 bits per heavy atom. The lowest BCUT2D eigenvalue weighted by molar-refractivity contribution is -0.114. The van der Waals surface area contributed by atoms with Gasteiger partial charge in [-0.25, -0.2) is 4.98 Å². The van der Waals surface area contributed by atoms with Crippen LogP contribution in [-0.4, -0.2) is 50.6 Å².